The number of amidine groups is 1. The maximum absolute atomic E-state index is 4.19. The van der Waals surface area contributed by atoms with Gasteiger partial charge >= 0.3 is 0 Å². The van der Waals surface area contributed by atoms with Crippen LogP contribution in [0.15, 0.2) is 30.4 Å². The molecule has 1 aliphatic heterocycles. The number of nitrogens with zero attached hydrogens (tertiary/aromatic N) is 3. The van der Waals surface area contributed by atoms with Crippen LogP contribution < -0.4 is 0 Å². The van der Waals surface area contributed by atoms with Gasteiger partial charge in [-0.2, -0.15) is 0 Å². The van der Waals surface area contributed by atoms with Gasteiger partial charge in [-0.15, -0.1) is 0 Å². The van der Waals surface area contributed by atoms with E-state index in [2.05, 4.69) is 34.9 Å². The number of aliphatic imine (C=N–C) groups is 1. The fourth-order valence-corrected chi connectivity index (χ4v) is 1.65. The summed E-state index contributed by atoms with van der Waals surface area (Å²) in [6.07, 6.45) is 3.37. The molecule has 1 heterocycles. The molecule has 0 bridgehead atoms. The van der Waals surface area contributed by atoms with Crippen molar-refractivity contribution in [2.24, 2.45) is 4.99 Å². The summed E-state index contributed by atoms with van der Waals surface area (Å²) in [7, 11) is 0. The molecule has 0 aromatic heterocycles. The summed E-state index contributed by atoms with van der Waals surface area (Å²) in [5, 5.41) is 0. The van der Waals surface area contributed by atoms with E-state index >= 15 is 0 Å². The lowest BCUT2D eigenvalue weighted by Gasteiger charge is -2.35. The fraction of sp³-hybridized carbons (Fsp3) is 0.545. The summed E-state index contributed by atoms with van der Waals surface area (Å²) in [6, 6.07) is 0. The van der Waals surface area contributed by atoms with Gasteiger partial charge in [0.05, 0.1) is 0 Å². The molecule has 1 aliphatic rings. The molecule has 14 heavy (non-hydrogen) atoms. The second kappa shape index (κ2) is 5.60. The molecule has 3 nitrogen and oxygen atoms in total. The van der Waals surface area contributed by atoms with Crippen molar-refractivity contribution in [2.75, 3.05) is 32.7 Å². The van der Waals surface area contributed by atoms with E-state index in [0.29, 0.717) is 0 Å². The second-order valence-electron chi connectivity index (χ2n) is 3.30. The van der Waals surface area contributed by atoms with Crippen LogP contribution in [0.2, 0.25) is 0 Å². The summed E-state index contributed by atoms with van der Waals surface area (Å²) in [5.74, 6) is 0.941. The molecule has 0 aliphatic carbocycles. The Balaban J connectivity index is 2.51. The number of hydrogen-bond donors (Lipinski definition) is 0. The van der Waals surface area contributed by atoms with E-state index in [9.17, 15) is 0 Å². The standard InChI is InChI=1S/C11H19N3/c1-4-11(12-5-2)14-9-7-13(6-3)8-10-14/h4-5H,1-2,6-10H2,3H3. The highest BCUT2D eigenvalue weighted by Crippen LogP contribution is 2.03. The fourth-order valence-electron chi connectivity index (χ4n) is 1.65. The van der Waals surface area contributed by atoms with Crippen LogP contribution in [0.4, 0.5) is 0 Å². The maximum atomic E-state index is 4.19. The van der Waals surface area contributed by atoms with Gasteiger partial charge in [0.1, 0.15) is 5.84 Å². The largest absolute Gasteiger partial charge is 0.354 e. The summed E-state index contributed by atoms with van der Waals surface area (Å²) >= 11 is 0. The molecule has 1 fully saturated rings. The lowest BCUT2D eigenvalue weighted by molar-refractivity contribution is 0.190. The van der Waals surface area contributed by atoms with Gasteiger partial charge in [0.25, 0.3) is 0 Å². The van der Waals surface area contributed by atoms with E-state index in [1.807, 2.05) is 0 Å². The molecular weight excluding hydrogens is 174 g/mol. The number of likely N-dealkylation sites (N-methyl/N-ethyl adjacent to an activating group) is 1. The summed E-state index contributed by atoms with van der Waals surface area (Å²) in [5.41, 5.74) is 0. The van der Waals surface area contributed by atoms with Crippen LogP contribution in [-0.4, -0.2) is 48.4 Å². The maximum Gasteiger partial charge on any atom is 0.127 e. The van der Waals surface area contributed by atoms with Crippen LogP contribution in [0.5, 0.6) is 0 Å². The third kappa shape index (κ3) is 2.70. The van der Waals surface area contributed by atoms with Crippen LogP contribution in [0.25, 0.3) is 0 Å². The van der Waals surface area contributed by atoms with Crippen molar-refractivity contribution in [1.29, 1.82) is 0 Å². The first-order chi connectivity index (χ1) is 6.81. The first kappa shape index (κ1) is 11.0. The zero-order valence-corrected chi connectivity index (χ0v) is 8.95. The quantitative estimate of drug-likeness (QED) is 0.498. The SMILES string of the molecule is C=CN=C(C=C)N1CCN(CC)CC1. The van der Waals surface area contributed by atoms with Crippen molar-refractivity contribution in [3.05, 3.63) is 25.4 Å². The third-order valence-electron chi connectivity index (χ3n) is 2.55. The van der Waals surface area contributed by atoms with Crippen molar-refractivity contribution in [2.45, 2.75) is 6.92 Å². The first-order valence-corrected chi connectivity index (χ1v) is 5.10. The van der Waals surface area contributed by atoms with Crippen LogP contribution in [0.3, 0.4) is 0 Å². The Morgan fingerprint density at radius 2 is 1.93 bits per heavy atom. The topological polar surface area (TPSA) is 18.8 Å². The number of piperazine rings is 1. The minimum Gasteiger partial charge on any atom is -0.354 e. The highest BCUT2D eigenvalue weighted by atomic mass is 15.3. The third-order valence-corrected chi connectivity index (χ3v) is 2.55. The van der Waals surface area contributed by atoms with E-state index in [0.717, 1.165) is 38.6 Å². The lowest BCUT2D eigenvalue weighted by Crippen LogP contribution is -2.48. The highest BCUT2D eigenvalue weighted by Gasteiger charge is 2.16. The average Bonchev–Trinajstić information content (AvgIpc) is 2.26. The summed E-state index contributed by atoms with van der Waals surface area (Å²) in [4.78, 5) is 8.87. The predicted octanol–water partition coefficient (Wildman–Crippen LogP) is 1.35. The Labute approximate surface area is 86.4 Å². The van der Waals surface area contributed by atoms with Crippen LogP contribution in [0, 0.1) is 0 Å². The Hall–Kier alpha value is -1.09. The van der Waals surface area contributed by atoms with Gasteiger partial charge in [0, 0.05) is 32.4 Å². The highest BCUT2D eigenvalue weighted by molar-refractivity contribution is 5.92. The zero-order chi connectivity index (χ0) is 10.4. The molecule has 1 saturated heterocycles. The van der Waals surface area contributed by atoms with Gasteiger partial charge < -0.3 is 9.80 Å². The molecule has 1 rings (SSSR count). The van der Waals surface area contributed by atoms with E-state index in [-0.39, 0.29) is 0 Å². The van der Waals surface area contributed by atoms with Crippen LogP contribution >= 0.6 is 0 Å². The molecule has 78 valence electrons. The van der Waals surface area contributed by atoms with Gasteiger partial charge in [-0.05, 0) is 12.6 Å². The van der Waals surface area contributed by atoms with E-state index in [1.54, 1.807) is 12.3 Å². The minimum atomic E-state index is 0.941. The minimum absolute atomic E-state index is 0.941. The average molecular weight is 193 g/mol. The molecule has 0 spiro atoms. The van der Waals surface area contributed by atoms with Crippen molar-refractivity contribution in [1.82, 2.24) is 9.80 Å². The van der Waals surface area contributed by atoms with E-state index < -0.39 is 0 Å². The molecule has 0 N–H and O–H groups in total. The first-order valence-electron chi connectivity index (χ1n) is 5.10. The molecule has 0 saturated carbocycles. The lowest BCUT2D eigenvalue weighted by atomic mass is 10.3. The Bertz CT molecular complexity index is 225. The molecule has 0 aromatic rings. The van der Waals surface area contributed by atoms with Crippen molar-refractivity contribution in [3.63, 3.8) is 0 Å². The van der Waals surface area contributed by atoms with Gasteiger partial charge in [-0.25, -0.2) is 4.99 Å². The Kier molecular flexibility index (Phi) is 4.40. The van der Waals surface area contributed by atoms with Crippen molar-refractivity contribution >= 4 is 5.84 Å². The van der Waals surface area contributed by atoms with Crippen molar-refractivity contribution in [3.8, 4) is 0 Å². The zero-order valence-electron chi connectivity index (χ0n) is 8.95. The molecular formula is C11H19N3. The number of hydrogen-bond acceptors (Lipinski definition) is 2. The predicted molar refractivity (Wildman–Crippen MR) is 61.5 cm³/mol. The molecule has 0 amide bonds. The monoisotopic (exact) mass is 193 g/mol. The number of rotatable bonds is 3. The Morgan fingerprint density at radius 1 is 1.29 bits per heavy atom. The van der Waals surface area contributed by atoms with Gasteiger partial charge in [0.2, 0.25) is 0 Å². The smallest absolute Gasteiger partial charge is 0.127 e. The Morgan fingerprint density at radius 3 is 2.36 bits per heavy atom. The van der Waals surface area contributed by atoms with Crippen LogP contribution in [0.1, 0.15) is 6.92 Å². The van der Waals surface area contributed by atoms with Gasteiger partial charge in [0.15, 0.2) is 0 Å². The van der Waals surface area contributed by atoms with E-state index in [4.69, 9.17) is 0 Å². The summed E-state index contributed by atoms with van der Waals surface area (Å²) < 4.78 is 0. The molecule has 3 heteroatoms. The molecule has 0 atom stereocenters. The second-order valence-corrected chi connectivity index (χ2v) is 3.30. The molecule has 0 radical (unpaired) electrons. The van der Waals surface area contributed by atoms with Crippen molar-refractivity contribution < 1.29 is 0 Å². The molecule has 0 aromatic carbocycles. The van der Waals surface area contributed by atoms with E-state index in [1.165, 1.54) is 0 Å². The van der Waals surface area contributed by atoms with Gasteiger partial charge in [-0.3, -0.25) is 0 Å². The van der Waals surface area contributed by atoms with Gasteiger partial charge in [-0.1, -0.05) is 20.1 Å². The summed E-state index contributed by atoms with van der Waals surface area (Å²) in [6.45, 7) is 15.0. The molecule has 0 unspecified atom stereocenters. The van der Waals surface area contributed by atoms with Crippen LogP contribution in [-0.2, 0) is 0 Å². The normalized spacial score (nSPS) is 19.5.